The lowest BCUT2D eigenvalue weighted by Crippen LogP contribution is -1.92. The van der Waals surface area contributed by atoms with E-state index in [1.807, 2.05) is 31.2 Å². The second kappa shape index (κ2) is 4.65. The number of non-ortho nitro benzene ring substituents is 1. The standard InChI is InChI=1S/C13H12N2O2/c1-10-5-7-11(8-6-10)14-12-3-2-4-13(9-12)15(16)17/h2-9,14H,1H3. The van der Waals surface area contributed by atoms with Crippen molar-refractivity contribution >= 4 is 17.1 Å². The molecule has 0 spiro atoms. The highest BCUT2D eigenvalue weighted by Gasteiger charge is 2.05. The van der Waals surface area contributed by atoms with Crippen LogP contribution in [0.15, 0.2) is 48.5 Å². The van der Waals surface area contributed by atoms with Gasteiger partial charge in [0.25, 0.3) is 5.69 Å². The van der Waals surface area contributed by atoms with Crippen LogP contribution < -0.4 is 5.32 Å². The molecule has 1 N–H and O–H groups in total. The Morgan fingerprint density at radius 2 is 1.76 bits per heavy atom. The fraction of sp³-hybridized carbons (Fsp3) is 0.0769. The third kappa shape index (κ3) is 2.81. The third-order valence-corrected chi connectivity index (χ3v) is 2.40. The minimum atomic E-state index is -0.402. The van der Waals surface area contributed by atoms with E-state index in [1.165, 1.54) is 17.7 Å². The molecule has 0 fully saturated rings. The zero-order chi connectivity index (χ0) is 12.3. The molecule has 0 aromatic heterocycles. The molecule has 0 bridgehead atoms. The molecule has 2 aromatic rings. The first-order valence-corrected chi connectivity index (χ1v) is 5.23. The fourth-order valence-corrected chi connectivity index (χ4v) is 1.50. The number of rotatable bonds is 3. The molecule has 0 unspecified atom stereocenters. The van der Waals surface area contributed by atoms with Gasteiger partial charge in [-0.2, -0.15) is 0 Å². The lowest BCUT2D eigenvalue weighted by molar-refractivity contribution is -0.384. The normalized spacial score (nSPS) is 9.94. The van der Waals surface area contributed by atoms with Crippen LogP contribution in [0.5, 0.6) is 0 Å². The number of nitrogens with zero attached hydrogens (tertiary/aromatic N) is 1. The zero-order valence-corrected chi connectivity index (χ0v) is 9.38. The van der Waals surface area contributed by atoms with Crippen LogP contribution in [0.1, 0.15) is 5.56 Å². The molecular weight excluding hydrogens is 216 g/mol. The molecule has 0 aliphatic carbocycles. The van der Waals surface area contributed by atoms with Crippen molar-refractivity contribution < 1.29 is 4.92 Å². The van der Waals surface area contributed by atoms with Crippen LogP contribution in [0.4, 0.5) is 17.1 Å². The molecule has 2 aromatic carbocycles. The van der Waals surface area contributed by atoms with Gasteiger partial charge in [0.2, 0.25) is 0 Å². The summed E-state index contributed by atoms with van der Waals surface area (Å²) in [6.45, 7) is 2.01. The van der Waals surface area contributed by atoms with E-state index in [0.717, 1.165) is 5.69 Å². The summed E-state index contributed by atoms with van der Waals surface area (Å²) >= 11 is 0. The minimum absolute atomic E-state index is 0.0853. The number of hydrogen-bond donors (Lipinski definition) is 1. The van der Waals surface area contributed by atoms with E-state index in [2.05, 4.69) is 5.32 Å². The van der Waals surface area contributed by atoms with Crippen molar-refractivity contribution in [3.8, 4) is 0 Å². The molecule has 4 heteroatoms. The Morgan fingerprint density at radius 1 is 1.06 bits per heavy atom. The Labute approximate surface area is 99.1 Å². The Kier molecular flexibility index (Phi) is 3.05. The highest BCUT2D eigenvalue weighted by Crippen LogP contribution is 2.21. The van der Waals surface area contributed by atoms with Crippen LogP contribution in [0.3, 0.4) is 0 Å². The Bertz CT molecular complexity index is 535. The highest BCUT2D eigenvalue weighted by atomic mass is 16.6. The van der Waals surface area contributed by atoms with Gasteiger partial charge in [0, 0.05) is 23.5 Å². The van der Waals surface area contributed by atoms with E-state index in [0.29, 0.717) is 5.69 Å². The van der Waals surface area contributed by atoms with Gasteiger partial charge in [0.15, 0.2) is 0 Å². The number of nitro groups is 1. The van der Waals surface area contributed by atoms with E-state index >= 15 is 0 Å². The summed E-state index contributed by atoms with van der Waals surface area (Å²) in [5.41, 5.74) is 2.89. The van der Waals surface area contributed by atoms with E-state index in [1.54, 1.807) is 12.1 Å². The summed E-state index contributed by atoms with van der Waals surface area (Å²) < 4.78 is 0. The molecule has 0 saturated heterocycles. The number of aryl methyl sites for hydroxylation is 1. The summed E-state index contributed by atoms with van der Waals surface area (Å²) in [7, 11) is 0. The van der Waals surface area contributed by atoms with Crippen LogP contribution in [0, 0.1) is 17.0 Å². The number of nitro benzene ring substituents is 1. The molecule has 17 heavy (non-hydrogen) atoms. The molecule has 0 amide bonds. The maximum absolute atomic E-state index is 10.6. The molecule has 0 heterocycles. The van der Waals surface area contributed by atoms with Crippen molar-refractivity contribution in [2.45, 2.75) is 6.92 Å². The maximum Gasteiger partial charge on any atom is 0.271 e. The SMILES string of the molecule is Cc1ccc(Nc2cccc([N+](=O)[O-])c2)cc1. The molecular formula is C13H12N2O2. The van der Waals surface area contributed by atoms with Gasteiger partial charge in [0.1, 0.15) is 0 Å². The molecule has 4 nitrogen and oxygen atoms in total. The minimum Gasteiger partial charge on any atom is -0.355 e. The average molecular weight is 228 g/mol. The smallest absolute Gasteiger partial charge is 0.271 e. The molecule has 0 aliphatic heterocycles. The van der Waals surface area contributed by atoms with Gasteiger partial charge in [0.05, 0.1) is 4.92 Å². The number of anilines is 2. The fourth-order valence-electron chi connectivity index (χ4n) is 1.50. The van der Waals surface area contributed by atoms with E-state index < -0.39 is 4.92 Å². The van der Waals surface area contributed by atoms with E-state index in [4.69, 9.17) is 0 Å². The van der Waals surface area contributed by atoms with Gasteiger partial charge in [-0.15, -0.1) is 0 Å². The van der Waals surface area contributed by atoms with Crippen LogP contribution in [-0.2, 0) is 0 Å². The van der Waals surface area contributed by atoms with E-state index in [9.17, 15) is 10.1 Å². The van der Waals surface area contributed by atoms with Gasteiger partial charge in [-0.3, -0.25) is 10.1 Å². The zero-order valence-electron chi connectivity index (χ0n) is 9.38. The second-order valence-electron chi connectivity index (χ2n) is 3.80. The molecule has 0 atom stereocenters. The number of hydrogen-bond acceptors (Lipinski definition) is 3. The molecule has 0 aliphatic rings. The van der Waals surface area contributed by atoms with Crippen LogP contribution in [-0.4, -0.2) is 4.92 Å². The van der Waals surface area contributed by atoms with Gasteiger partial charge in [-0.05, 0) is 25.1 Å². The average Bonchev–Trinajstić information content (AvgIpc) is 2.32. The number of nitrogens with one attached hydrogen (secondary N) is 1. The summed E-state index contributed by atoms with van der Waals surface area (Å²) in [6, 6.07) is 14.3. The van der Waals surface area contributed by atoms with Gasteiger partial charge < -0.3 is 5.32 Å². The Balaban J connectivity index is 2.21. The summed E-state index contributed by atoms with van der Waals surface area (Å²) in [5.74, 6) is 0. The van der Waals surface area contributed by atoms with Crippen molar-refractivity contribution in [3.63, 3.8) is 0 Å². The highest BCUT2D eigenvalue weighted by molar-refractivity contribution is 5.62. The summed E-state index contributed by atoms with van der Waals surface area (Å²) in [6.07, 6.45) is 0. The van der Waals surface area contributed by atoms with Crippen molar-refractivity contribution in [1.82, 2.24) is 0 Å². The molecule has 86 valence electrons. The van der Waals surface area contributed by atoms with Gasteiger partial charge >= 0.3 is 0 Å². The molecule has 0 radical (unpaired) electrons. The maximum atomic E-state index is 10.6. The lowest BCUT2D eigenvalue weighted by Gasteiger charge is -2.06. The number of benzene rings is 2. The van der Waals surface area contributed by atoms with Crippen LogP contribution >= 0.6 is 0 Å². The summed E-state index contributed by atoms with van der Waals surface area (Å²) in [5, 5.41) is 13.7. The quantitative estimate of drug-likeness (QED) is 0.644. The van der Waals surface area contributed by atoms with Crippen molar-refractivity contribution in [1.29, 1.82) is 0 Å². The first-order valence-electron chi connectivity index (χ1n) is 5.23. The van der Waals surface area contributed by atoms with Gasteiger partial charge in [-0.25, -0.2) is 0 Å². The molecule has 0 saturated carbocycles. The molecule has 2 rings (SSSR count). The summed E-state index contributed by atoms with van der Waals surface area (Å²) in [4.78, 5) is 10.2. The van der Waals surface area contributed by atoms with E-state index in [-0.39, 0.29) is 5.69 Å². The monoisotopic (exact) mass is 228 g/mol. The predicted molar refractivity (Wildman–Crippen MR) is 67.6 cm³/mol. The lowest BCUT2D eigenvalue weighted by atomic mass is 10.2. The van der Waals surface area contributed by atoms with Gasteiger partial charge in [-0.1, -0.05) is 23.8 Å². The second-order valence-corrected chi connectivity index (χ2v) is 3.80. The van der Waals surface area contributed by atoms with Crippen molar-refractivity contribution in [2.24, 2.45) is 0 Å². The van der Waals surface area contributed by atoms with Crippen molar-refractivity contribution in [2.75, 3.05) is 5.32 Å². The first kappa shape index (κ1) is 11.1. The first-order chi connectivity index (χ1) is 8.15. The van der Waals surface area contributed by atoms with Crippen LogP contribution in [0.25, 0.3) is 0 Å². The van der Waals surface area contributed by atoms with Crippen molar-refractivity contribution in [3.05, 3.63) is 64.2 Å². The third-order valence-electron chi connectivity index (χ3n) is 2.40. The Morgan fingerprint density at radius 3 is 2.41 bits per heavy atom. The predicted octanol–water partition coefficient (Wildman–Crippen LogP) is 3.65. The van der Waals surface area contributed by atoms with Crippen LogP contribution in [0.2, 0.25) is 0 Å². The largest absolute Gasteiger partial charge is 0.355 e. The topological polar surface area (TPSA) is 55.2 Å². The Hall–Kier alpha value is -2.36.